The van der Waals surface area contributed by atoms with E-state index in [9.17, 15) is 8.78 Å². The van der Waals surface area contributed by atoms with Gasteiger partial charge in [-0.2, -0.15) is 11.8 Å². The average molecular weight is 365 g/mol. The van der Waals surface area contributed by atoms with Crippen molar-refractivity contribution in [2.24, 2.45) is 5.84 Å². The summed E-state index contributed by atoms with van der Waals surface area (Å²) in [6, 6.07) is 2.53. The first kappa shape index (κ1) is 16.2. The summed E-state index contributed by atoms with van der Waals surface area (Å²) in [5.74, 6) is 5.25. The van der Waals surface area contributed by atoms with Gasteiger partial charge in [-0.25, -0.2) is 8.78 Å². The van der Waals surface area contributed by atoms with Gasteiger partial charge in [0.1, 0.15) is 11.6 Å². The summed E-state index contributed by atoms with van der Waals surface area (Å²) in [7, 11) is 0. The normalized spacial score (nSPS) is 17.6. The first-order chi connectivity index (χ1) is 9.61. The molecule has 0 heterocycles. The summed E-state index contributed by atoms with van der Waals surface area (Å²) in [5, 5.41) is 0.669. The van der Waals surface area contributed by atoms with Crippen LogP contribution in [0.4, 0.5) is 8.78 Å². The number of nitrogens with one attached hydrogen (secondary N) is 1. The summed E-state index contributed by atoms with van der Waals surface area (Å²) < 4.78 is 28.0. The third kappa shape index (κ3) is 4.16. The monoisotopic (exact) mass is 364 g/mol. The highest BCUT2D eigenvalue weighted by Crippen LogP contribution is 2.30. The number of hydrogen-bond acceptors (Lipinski definition) is 3. The summed E-state index contributed by atoms with van der Waals surface area (Å²) in [4.78, 5) is 0. The van der Waals surface area contributed by atoms with E-state index in [1.54, 1.807) is 0 Å². The standard InChI is InChI=1S/C14H19BrF2N2S/c15-12-5-6-13(16)11(14(12)17)7-9(19-18)8-20-10-3-1-2-4-10/h5-6,9-10,19H,1-4,7-8,18H2. The molecule has 1 fully saturated rings. The minimum atomic E-state index is -0.531. The zero-order chi connectivity index (χ0) is 14.5. The van der Waals surface area contributed by atoms with E-state index in [2.05, 4.69) is 21.4 Å². The molecule has 0 amide bonds. The van der Waals surface area contributed by atoms with Gasteiger partial charge in [-0.3, -0.25) is 11.3 Å². The lowest BCUT2D eigenvalue weighted by Gasteiger charge is -2.19. The Morgan fingerprint density at radius 3 is 2.70 bits per heavy atom. The van der Waals surface area contributed by atoms with E-state index in [1.165, 1.54) is 37.8 Å². The van der Waals surface area contributed by atoms with Crippen molar-refractivity contribution in [3.8, 4) is 0 Å². The Morgan fingerprint density at radius 2 is 2.05 bits per heavy atom. The summed E-state index contributed by atoms with van der Waals surface area (Å²) in [5.41, 5.74) is 2.77. The minimum Gasteiger partial charge on any atom is -0.271 e. The molecule has 1 aliphatic carbocycles. The van der Waals surface area contributed by atoms with Crippen molar-refractivity contribution in [3.63, 3.8) is 0 Å². The highest BCUT2D eigenvalue weighted by atomic mass is 79.9. The maximum atomic E-state index is 13.9. The number of benzene rings is 1. The van der Waals surface area contributed by atoms with Crippen LogP contribution in [0.5, 0.6) is 0 Å². The van der Waals surface area contributed by atoms with Crippen molar-refractivity contribution < 1.29 is 8.78 Å². The van der Waals surface area contributed by atoms with Gasteiger partial charge in [0.05, 0.1) is 4.47 Å². The van der Waals surface area contributed by atoms with Gasteiger partial charge in [0.25, 0.3) is 0 Å². The molecule has 3 N–H and O–H groups in total. The van der Waals surface area contributed by atoms with Crippen LogP contribution in [0.3, 0.4) is 0 Å². The topological polar surface area (TPSA) is 38.0 Å². The predicted molar refractivity (Wildman–Crippen MR) is 83.6 cm³/mol. The molecule has 0 aliphatic heterocycles. The fourth-order valence-electron chi connectivity index (χ4n) is 2.48. The van der Waals surface area contributed by atoms with Crippen LogP contribution in [0.2, 0.25) is 0 Å². The Morgan fingerprint density at radius 1 is 1.35 bits per heavy atom. The molecule has 1 saturated carbocycles. The predicted octanol–water partition coefficient (Wildman–Crippen LogP) is 3.78. The summed E-state index contributed by atoms with van der Waals surface area (Å²) in [6.07, 6.45) is 5.30. The molecule has 20 heavy (non-hydrogen) atoms. The van der Waals surface area contributed by atoms with Gasteiger partial charge in [-0.1, -0.05) is 12.8 Å². The molecule has 0 spiro atoms. The molecule has 1 aliphatic rings. The summed E-state index contributed by atoms with van der Waals surface area (Å²) in [6.45, 7) is 0. The van der Waals surface area contributed by atoms with Gasteiger partial charge in [-0.05, 0) is 47.3 Å². The van der Waals surface area contributed by atoms with Crippen molar-refractivity contribution in [1.82, 2.24) is 5.43 Å². The Balaban J connectivity index is 1.97. The van der Waals surface area contributed by atoms with Gasteiger partial charge in [0.15, 0.2) is 0 Å². The number of hydrazine groups is 1. The van der Waals surface area contributed by atoms with Crippen molar-refractivity contribution in [3.05, 3.63) is 33.8 Å². The van der Waals surface area contributed by atoms with Gasteiger partial charge >= 0.3 is 0 Å². The molecule has 1 aromatic rings. The smallest absolute Gasteiger partial charge is 0.143 e. The van der Waals surface area contributed by atoms with Crippen LogP contribution >= 0.6 is 27.7 Å². The van der Waals surface area contributed by atoms with Crippen molar-refractivity contribution >= 4 is 27.7 Å². The van der Waals surface area contributed by atoms with Crippen LogP contribution in [-0.4, -0.2) is 17.0 Å². The van der Waals surface area contributed by atoms with Crippen LogP contribution < -0.4 is 11.3 Å². The second kappa shape index (κ2) is 7.73. The summed E-state index contributed by atoms with van der Waals surface area (Å²) >= 11 is 4.94. The number of rotatable bonds is 6. The quantitative estimate of drug-likeness (QED) is 0.458. The molecule has 6 heteroatoms. The molecule has 1 atom stereocenters. The number of nitrogens with two attached hydrogens (primary N) is 1. The third-order valence-corrected chi connectivity index (χ3v) is 5.81. The Kier molecular flexibility index (Phi) is 6.26. The number of halogens is 3. The fraction of sp³-hybridized carbons (Fsp3) is 0.571. The Labute approximate surface area is 131 Å². The average Bonchev–Trinajstić information content (AvgIpc) is 2.96. The molecule has 112 valence electrons. The molecular formula is C14H19BrF2N2S. The molecule has 2 nitrogen and oxygen atoms in total. The molecule has 2 rings (SSSR count). The molecule has 1 unspecified atom stereocenters. The van der Waals surface area contributed by atoms with Crippen LogP contribution in [0.25, 0.3) is 0 Å². The van der Waals surface area contributed by atoms with E-state index < -0.39 is 11.6 Å². The lowest BCUT2D eigenvalue weighted by atomic mass is 10.1. The minimum absolute atomic E-state index is 0.0920. The molecular weight excluding hydrogens is 346 g/mol. The number of hydrogen-bond donors (Lipinski definition) is 2. The Bertz CT molecular complexity index is 453. The maximum Gasteiger partial charge on any atom is 0.143 e. The second-order valence-corrected chi connectivity index (χ2v) is 7.32. The second-order valence-electron chi connectivity index (χ2n) is 5.13. The van der Waals surface area contributed by atoms with E-state index in [0.717, 1.165) is 5.75 Å². The van der Waals surface area contributed by atoms with Gasteiger partial charge < -0.3 is 0 Å². The van der Waals surface area contributed by atoms with Gasteiger partial charge in [-0.15, -0.1) is 0 Å². The first-order valence-electron chi connectivity index (χ1n) is 6.82. The van der Waals surface area contributed by atoms with Crippen molar-refractivity contribution in [2.45, 2.75) is 43.4 Å². The van der Waals surface area contributed by atoms with Crippen LogP contribution in [0, 0.1) is 11.6 Å². The lowest BCUT2D eigenvalue weighted by molar-refractivity contribution is 0.509. The van der Waals surface area contributed by atoms with Crippen molar-refractivity contribution in [2.75, 3.05) is 5.75 Å². The molecule has 1 aromatic carbocycles. The molecule has 0 saturated heterocycles. The highest BCUT2D eigenvalue weighted by molar-refractivity contribution is 9.10. The van der Waals surface area contributed by atoms with E-state index in [0.29, 0.717) is 5.25 Å². The first-order valence-corrected chi connectivity index (χ1v) is 8.66. The van der Waals surface area contributed by atoms with E-state index in [-0.39, 0.29) is 22.5 Å². The lowest BCUT2D eigenvalue weighted by Crippen LogP contribution is -2.39. The zero-order valence-electron chi connectivity index (χ0n) is 11.2. The van der Waals surface area contributed by atoms with E-state index in [1.807, 2.05) is 11.8 Å². The maximum absolute atomic E-state index is 13.9. The van der Waals surface area contributed by atoms with Crippen LogP contribution in [0.1, 0.15) is 31.2 Å². The van der Waals surface area contributed by atoms with Crippen LogP contribution in [0.15, 0.2) is 16.6 Å². The highest BCUT2D eigenvalue weighted by Gasteiger charge is 2.20. The SMILES string of the molecule is NNC(CSC1CCCC1)Cc1c(F)ccc(Br)c1F. The molecule has 0 aromatic heterocycles. The van der Waals surface area contributed by atoms with Crippen molar-refractivity contribution in [1.29, 1.82) is 0 Å². The Hall–Kier alpha value is -0.170. The fourth-order valence-corrected chi connectivity index (χ4v) is 4.23. The zero-order valence-corrected chi connectivity index (χ0v) is 13.6. The molecule has 0 radical (unpaired) electrons. The van der Waals surface area contributed by atoms with E-state index in [4.69, 9.17) is 5.84 Å². The van der Waals surface area contributed by atoms with Gasteiger partial charge in [0.2, 0.25) is 0 Å². The number of thioether (sulfide) groups is 1. The van der Waals surface area contributed by atoms with Crippen LogP contribution in [-0.2, 0) is 6.42 Å². The van der Waals surface area contributed by atoms with E-state index >= 15 is 0 Å². The molecule has 0 bridgehead atoms. The third-order valence-electron chi connectivity index (χ3n) is 3.66. The van der Waals surface area contributed by atoms with Gasteiger partial charge in [0, 0.05) is 22.6 Å². The largest absolute Gasteiger partial charge is 0.271 e.